The Balaban J connectivity index is 2.25. The first-order valence-electron chi connectivity index (χ1n) is 6.05. The van der Waals surface area contributed by atoms with Crippen LogP contribution in [0.4, 0.5) is 0 Å². The molecule has 2 aromatic rings. The monoisotopic (exact) mass is 274 g/mol. The topological polar surface area (TPSA) is 42.0 Å². The lowest BCUT2D eigenvalue weighted by Crippen LogP contribution is -2.24. The van der Waals surface area contributed by atoms with E-state index in [9.17, 15) is 4.79 Å². The molecule has 0 spiro atoms. The molecule has 98 valence electrons. The summed E-state index contributed by atoms with van der Waals surface area (Å²) in [6.45, 7) is 4.46. The summed E-state index contributed by atoms with van der Waals surface area (Å²) < 4.78 is 0. The smallest absolute Gasteiger partial charge is 0.270 e. The van der Waals surface area contributed by atoms with Crippen LogP contribution in [0.25, 0.3) is 10.8 Å². The molecule has 0 aliphatic rings. The zero-order valence-corrected chi connectivity index (χ0v) is 11.7. The van der Waals surface area contributed by atoms with Gasteiger partial charge in [0.05, 0.1) is 0 Å². The molecule has 0 fully saturated rings. The zero-order valence-electron chi connectivity index (χ0n) is 10.9. The van der Waals surface area contributed by atoms with Crippen LogP contribution in [-0.4, -0.2) is 17.4 Å². The van der Waals surface area contributed by atoms with Crippen molar-refractivity contribution in [2.75, 3.05) is 6.54 Å². The molecule has 1 heterocycles. The quantitative estimate of drug-likeness (QED) is 0.687. The molecule has 4 heteroatoms. The number of allylic oxidation sites excluding steroid dienone is 1. The molecule has 0 saturated heterocycles. The standard InChI is InChI=1S/C15H15ClN2O/c1-10(2)7-8-17-15(19)13-9-11-5-3-4-6-12(11)14(16)18-13/h3-7,9H,8H2,1-2H3,(H,17,19). The third-order valence-corrected chi connectivity index (χ3v) is 2.99. The second-order valence-corrected chi connectivity index (χ2v) is 4.87. The number of hydrogen-bond donors (Lipinski definition) is 1. The molecule has 0 aliphatic carbocycles. The third-order valence-electron chi connectivity index (χ3n) is 2.70. The Morgan fingerprint density at radius 2 is 2.11 bits per heavy atom. The van der Waals surface area contributed by atoms with Gasteiger partial charge in [0.2, 0.25) is 0 Å². The number of carbonyl (C=O) groups excluding carboxylic acids is 1. The van der Waals surface area contributed by atoms with Crippen molar-refractivity contribution in [1.29, 1.82) is 0 Å². The van der Waals surface area contributed by atoms with Crippen molar-refractivity contribution < 1.29 is 4.79 Å². The van der Waals surface area contributed by atoms with E-state index in [0.29, 0.717) is 17.4 Å². The summed E-state index contributed by atoms with van der Waals surface area (Å²) in [5, 5.41) is 4.90. The average Bonchev–Trinajstić information content (AvgIpc) is 2.38. The lowest BCUT2D eigenvalue weighted by Gasteiger charge is -2.05. The molecule has 0 aliphatic heterocycles. The van der Waals surface area contributed by atoms with E-state index < -0.39 is 0 Å². The van der Waals surface area contributed by atoms with Crippen molar-refractivity contribution in [3.05, 3.63) is 52.8 Å². The van der Waals surface area contributed by atoms with Crippen LogP contribution in [0.2, 0.25) is 5.15 Å². The van der Waals surface area contributed by atoms with Crippen LogP contribution in [0.5, 0.6) is 0 Å². The van der Waals surface area contributed by atoms with Crippen LogP contribution in [0.3, 0.4) is 0 Å². The van der Waals surface area contributed by atoms with Gasteiger partial charge in [0.15, 0.2) is 0 Å². The number of nitrogens with zero attached hydrogens (tertiary/aromatic N) is 1. The van der Waals surface area contributed by atoms with Crippen molar-refractivity contribution >= 4 is 28.3 Å². The number of fused-ring (bicyclic) bond motifs is 1. The molecule has 1 aromatic heterocycles. The Kier molecular flexibility index (Phi) is 4.17. The van der Waals surface area contributed by atoms with Crippen LogP contribution < -0.4 is 5.32 Å². The van der Waals surface area contributed by atoms with Gasteiger partial charge >= 0.3 is 0 Å². The minimum atomic E-state index is -0.217. The number of halogens is 1. The number of carbonyl (C=O) groups is 1. The normalized spacial score (nSPS) is 10.3. The van der Waals surface area contributed by atoms with Gasteiger partial charge in [-0.2, -0.15) is 0 Å². The summed E-state index contributed by atoms with van der Waals surface area (Å²) in [6, 6.07) is 9.35. The van der Waals surface area contributed by atoms with Gasteiger partial charge in [0.1, 0.15) is 10.8 Å². The number of rotatable bonds is 3. The molecule has 0 radical (unpaired) electrons. The average molecular weight is 275 g/mol. The highest BCUT2D eigenvalue weighted by atomic mass is 35.5. The molecule has 19 heavy (non-hydrogen) atoms. The van der Waals surface area contributed by atoms with Crippen molar-refractivity contribution in [3.8, 4) is 0 Å². The van der Waals surface area contributed by atoms with Crippen LogP contribution >= 0.6 is 11.6 Å². The second-order valence-electron chi connectivity index (χ2n) is 4.51. The Morgan fingerprint density at radius 3 is 2.84 bits per heavy atom. The van der Waals surface area contributed by atoms with Crippen molar-refractivity contribution in [1.82, 2.24) is 10.3 Å². The molecule has 0 bridgehead atoms. The zero-order chi connectivity index (χ0) is 13.8. The lowest BCUT2D eigenvalue weighted by atomic mass is 10.1. The maximum Gasteiger partial charge on any atom is 0.270 e. The van der Waals surface area contributed by atoms with Crippen LogP contribution in [0.1, 0.15) is 24.3 Å². The van der Waals surface area contributed by atoms with E-state index in [4.69, 9.17) is 11.6 Å². The van der Waals surface area contributed by atoms with Crippen LogP contribution in [0, 0.1) is 0 Å². The molecule has 0 unspecified atom stereocenters. The fraction of sp³-hybridized carbons (Fsp3) is 0.200. The summed E-state index contributed by atoms with van der Waals surface area (Å²) in [6.07, 6.45) is 1.94. The van der Waals surface area contributed by atoms with Crippen molar-refractivity contribution in [3.63, 3.8) is 0 Å². The number of pyridine rings is 1. The highest BCUT2D eigenvalue weighted by molar-refractivity contribution is 6.34. The third kappa shape index (κ3) is 3.32. The number of hydrogen-bond acceptors (Lipinski definition) is 2. The van der Waals surface area contributed by atoms with Crippen molar-refractivity contribution in [2.45, 2.75) is 13.8 Å². The fourth-order valence-electron chi connectivity index (χ4n) is 1.71. The van der Waals surface area contributed by atoms with Gasteiger partial charge in [0.25, 0.3) is 5.91 Å². The Hall–Kier alpha value is -1.87. The Morgan fingerprint density at radius 1 is 1.37 bits per heavy atom. The predicted octanol–water partition coefficient (Wildman–Crippen LogP) is 3.58. The summed E-state index contributed by atoms with van der Waals surface area (Å²) in [4.78, 5) is 16.1. The fourth-order valence-corrected chi connectivity index (χ4v) is 1.97. The van der Waals surface area contributed by atoms with E-state index in [1.165, 1.54) is 0 Å². The van der Waals surface area contributed by atoms with E-state index in [1.54, 1.807) is 6.07 Å². The summed E-state index contributed by atoms with van der Waals surface area (Å²) >= 11 is 6.09. The van der Waals surface area contributed by atoms with Gasteiger partial charge in [-0.05, 0) is 25.3 Å². The summed E-state index contributed by atoms with van der Waals surface area (Å²) in [7, 11) is 0. The molecule has 0 atom stereocenters. The highest BCUT2D eigenvalue weighted by Crippen LogP contribution is 2.22. The van der Waals surface area contributed by atoms with Gasteiger partial charge < -0.3 is 5.32 Å². The molecule has 3 nitrogen and oxygen atoms in total. The molecular weight excluding hydrogens is 260 g/mol. The van der Waals surface area contributed by atoms with Gasteiger partial charge in [0, 0.05) is 11.9 Å². The van der Waals surface area contributed by atoms with E-state index in [-0.39, 0.29) is 5.91 Å². The maximum atomic E-state index is 12.0. The van der Waals surface area contributed by atoms with Gasteiger partial charge in [-0.1, -0.05) is 47.5 Å². The molecule has 1 aromatic carbocycles. The van der Waals surface area contributed by atoms with Gasteiger partial charge in [-0.25, -0.2) is 4.98 Å². The second kappa shape index (κ2) is 5.85. The van der Waals surface area contributed by atoms with Crippen molar-refractivity contribution in [2.24, 2.45) is 0 Å². The summed E-state index contributed by atoms with van der Waals surface area (Å²) in [5.74, 6) is -0.217. The number of benzene rings is 1. The Bertz CT molecular complexity index is 646. The number of aromatic nitrogens is 1. The molecular formula is C15H15ClN2O. The molecule has 1 N–H and O–H groups in total. The predicted molar refractivity (Wildman–Crippen MR) is 78.5 cm³/mol. The minimum Gasteiger partial charge on any atom is -0.347 e. The first-order valence-corrected chi connectivity index (χ1v) is 6.42. The largest absolute Gasteiger partial charge is 0.347 e. The van der Waals surface area contributed by atoms with E-state index in [1.807, 2.05) is 44.2 Å². The van der Waals surface area contributed by atoms with Crippen LogP contribution in [0.15, 0.2) is 42.0 Å². The molecule has 1 amide bonds. The van der Waals surface area contributed by atoms with Gasteiger partial charge in [-0.3, -0.25) is 4.79 Å². The van der Waals surface area contributed by atoms with E-state index >= 15 is 0 Å². The molecule has 0 saturated carbocycles. The summed E-state index contributed by atoms with van der Waals surface area (Å²) in [5.41, 5.74) is 1.50. The maximum absolute atomic E-state index is 12.0. The first kappa shape index (κ1) is 13.6. The number of nitrogens with one attached hydrogen (secondary N) is 1. The molecule has 2 rings (SSSR count). The van der Waals surface area contributed by atoms with Gasteiger partial charge in [-0.15, -0.1) is 0 Å². The lowest BCUT2D eigenvalue weighted by molar-refractivity contribution is 0.0953. The highest BCUT2D eigenvalue weighted by Gasteiger charge is 2.10. The number of amides is 1. The SMILES string of the molecule is CC(C)=CCNC(=O)c1cc2ccccc2c(Cl)n1. The Labute approximate surface area is 117 Å². The minimum absolute atomic E-state index is 0.217. The van der Waals surface area contributed by atoms with E-state index in [2.05, 4.69) is 10.3 Å². The van der Waals surface area contributed by atoms with Crippen LogP contribution in [-0.2, 0) is 0 Å². The first-order chi connectivity index (χ1) is 9.08. The van der Waals surface area contributed by atoms with E-state index in [0.717, 1.165) is 16.3 Å².